The van der Waals surface area contributed by atoms with Gasteiger partial charge in [0.25, 0.3) is 0 Å². The van der Waals surface area contributed by atoms with Crippen molar-refractivity contribution in [1.82, 2.24) is 5.32 Å². The summed E-state index contributed by atoms with van der Waals surface area (Å²) in [6.45, 7) is 7.84. The molecule has 0 radical (unpaired) electrons. The molecular formula is C27H40N2O5. The van der Waals surface area contributed by atoms with Gasteiger partial charge in [-0.2, -0.15) is 0 Å². The van der Waals surface area contributed by atoms with E-state index in [-0.39, 0.29) is 41.6 Å². The maximum Gasteiger partial charge on any atom is 0.338 e. The molecule has 1 heterocycles. The second-order valence-electron chi connectivity index (χ2n) is 10.2. The van der Waals surface area contributed by atoms with Crippen molar-refractivity contribution in [2.45, 2.75) is 96.8 Å². The van der Waals surface area contributed by atoms with E-state index in [4.69, 9.17) is 9.47 Å². The largest absolute Gasteiger partial charge is 0.512 e. The van der Waals surface area contributed by atoms with E-state index in [0.29, 0.717) is 30.8 Å². The second-order valence-corrected chi connectivity index (χ2v) is 10.2. The van der Waals surface area contributed by atoms with Crippen LogP contribution < -0.4 is 10.1 Å². The number of aliphatic hydroxyl groups excluding tert-OH is 1. The summed E-state index contributed by atoms with van der Waals surface area (Å²) in [5.74, 6) is 1.09. The number of esters is 1. The number of amidine groups is 1. The van der Waals surface area contributed by atoms with Crippen molar-refractivity contribution >= 4 is 11.8 Å². The van der Waals surface area contributed by atoms with Crippen molar-refractivity contribution in [3.8, 4) is 11.5 Å². The fourth-order valence-electron chi connectivity index (χ4n) is 5.11. The van der Waals surface area contributed by atoms with Gasteiger partial charge < -0.3 is 25.0 Å². The van der Waals surface area contributed by atoms with Gasteiger partial charge in [0.1, 0.15) is 17.2 Å². The zero-order valence-corrected chi connectivity index (χ0v) is 21.2. The number of hydrogen-bond donors (Lipinski definition) is 3. The normalized spacial score (nSPS) is 22.0. The van der Waals surface area contributed by atoms with E-state index in [1.165, 1.54) is 0 Å². The summed E-state index contributed by atoms with van der Waals surface area (Å²) < 4.78 is 11.8. The van der Waals surface area contributed by atoms with Gasteiger partial charge in [-0.3, -0.25) is 4.99 Å². The predicted octanol–water partition coefficient (Wildman–Crippen LogP) is 5.22. The summed E-state index contributed by atoms with van der Waals surface area (Å²) in [7, 11) is 1.67. The zero-order chi connectivity index (χ0) is 24.9. The molecule has 34 heavy (non-hydrogen) atoms. The van der Waals surface area contributed by atoms with Gasteiger partial charge in [0.2, 0.25) is 0 Å². The summed E-state index contributed by atoms with van der Waals surface area (Å²) in [5, 5.41) is 24.6. The van der Waals surface area contributed by atoms with E-state index in [1.54, 1.807) is 19.2 Å². The minimum Gasteiger partial charge on any atom is -0.512 e. The Kier molecular flexibility index (Phi) is 8.50. The van der Waals surface area contributed by atoms with Crippen LogP contribution >= 0.6 is 0 Å². The first-order valence-corrected chi connectivity index (χ1v) is 12.5. The summed E-state index contributed by atoms with van der Waals surface area (Å²) in [6.07, 6.45) is 5.91. The number of aliphatic hydroxyl groups is 1. The zero-order valence-electron chi connectivity index (χ0n) is 21.2. The average Bonchev–Trinajstić information content (AvgIpc) is 3.31. The Bertz CT molecular complexity index is 931. The van der Waals surface area contributed by atoms with E-state index >= 15 is 0 Å². The Morgan fingerprint density at radius 2 is 1.94 bits per heavy atom. The molecule has 3 rings (SSSR count). The average molecular weight is 473 g/mol. The van der Waals surface area contributed by atoms with Crippen LogP contribution in [0.2, 0.25) is 0 Å². The van der Waals surface area contributed by atoms with Crippen LogP contribution in [0.5, 0.6) is 11.5 Å². The number of aryl methyl sites for hydroxylation is 1. The minimum absolute atomic E-state index is 0.0259. The standard InChI is InChI=1S/C27H40N2O5/c1-17(2)29-25(28-5)15-21-23(31)16-27(34-26(21)32,20-8-6-7-9-20)13-12-19-10-11-24(22(30)14-19)33-18(3)4/h10-11,14,17-18,20,30-31H,6-9,12-13,15-16H2,1-5H3,(H,28,29). The highest BCUT2D eigenvalue weighted by molar-refractivity contribution is 5.98. The summed E-state index contributed by atoms with van der Waals surface area (Å²) in [5.41, 5.74) is 0.492. The number of aromatic hydroxyl groups is 1. The number of ether oxygens (including phenoxy) is 2. The first kappa shape index (κ1) is 25.9. The van der Waals surface area contributed by atoms with Crippen LogP contribution in [0.1, 0.15) is 78.2 Å². The Morgan fingerprint density at radius 1 is 1.24 bits per heavy atom. The number of cyclic esters (lactones) is 1. The van der Waals surface area contributed by atoms with E-state index in [1.807, 2.05) is 33.8 Å². The third-order valence-electron chi connectivity index (χ3n) is 6.75. The van der Waals surface area contributed by atoms with Crippen LogP contribution in [0.3, 0.4) is 0 Å². The van der Waals surface area contributed by atoms with Gasteiger partial charge in [-0.1, -0.05) is 18.9 Å². The number of benzene rings is 1. The molecule has 1 unspecified atom stereocenters. The Balaban J connectivity index is 1.80. The number of nitrogens with zero attached hydrogens (tertiary/aromatic N) is 1. The van der Waals surface area contributed by atoms with Crippen molar-refractivity contribution in [1.29, 1.82) is 0 Å². The van der Waals surface area contributed by atoms with E-state index in [0.717, 1.165) is 31.2 Å². The molecule has 1 aliphatic heterocycles. The summed E-state index contributed by atoms with van der Waals surface area (Å²) >= 11 is 0. The highest BCUT2D eigenvalue weighted by atomic mass is 16.6. The lowest BCUT2D eigenvalue weighted by molar-refractivity contribution is -0.167. The quantitative estimate of drug-likeness (QED) is 0.259. The molecule has 0 saturated heterocycles. The lowest BCUT2D eigenvalue weighted by Gasteiger charge is -2.42. The van der Waals surface area contributed by atoms with Crippen LogP contribution in [0.25, 0.3) is 0 Å². The van der Waals surface area contributed by atoms with Crippen LogP contribution in [0.4, 0.5) is 0 Å². The highest BCUT2D eigenvalue weighted by Gasteiger charge is 2.48. The van der Waals surface area contributed by atoms with Gasteiger partial charge in [-0.25, -0.2) is 4.79 Å². The van der Waals surface area contributed by atoms with Crippen molar-refractivity contribution < 1.29 is 24.5 Å². The number of phenolic OH excluding ortho intramolecular Hbond substituents is 1. The van der Waals surface area contributed by atoms with Gasteiger partial charge >= 0.3 is 5.97 Å². The van der Waals surface area contributed by atoms with Crippen molar-refractivity contribution in [2.75, 3.05) is 7.05 Å². The Hall–Kier alpha value is -2.70. The third-order valence-corrected chi connectivity index (χ3v) is 6.75. The van der Waals surface area contributed by atoms with Crippen molar-refractivity contribution in [3.63, 3.8) is 0 Å². The van der Waals surface area contributed by atoms with Crippen LogP contribution in [0, 0.1) is 5.92 Å². The topological polar surface area (TPSA) is 100 Å². The fourth-order valence-corrected chi connectivity index (χ4v) is 5.11. The van der Waals surface area contributed by atoms with Gasteiger partial charge in [-0.05, 0) is 77.0 Å². The Morgan fingerprint density at radius 3 is 2.50 bits per heavy atom. The first-order chi connectivity index (χ1) is 16.1. The number of phenols is 1. The van der Waals surface area contributed by atoms with Gasteiger partial charge in [0, 0.05) is 25.9 Å². The maximum atomic E-state index is 13.1. The predicted molar refractivity (Wildman–Crippen MR) is 133 cm³/mol. The van der Waals surface area contributed by atoms with Crippen molar-refractivity contribution in [3.05, 3.63) is 35.1 Å². The molecule has 7 nitrogen and oxygen atoms in total. The van der Waals surface area contributed by atoms with E-state index in [9.17, 15) is 15.0 Å². The van der Waals surface area contributed by atoms with E-state index < -0.39 is 11.6 Å². The van der Waals surface area contributed by atoms with Crippen LogP contribution in [-0.4, -0.2) is 46.8 Å². The number of carbonyl (C=O) groups excluding carboxylic acids is 1. The van der Waals surface area contributed by atoms with Crippen molar-refractivity contribution in [2.24, 2.45) is 10.9 Å². The Labute approximate surface area is 203 Å². The molecule has 0 aromatic heterocycles. The SMILES string of the molecule is CN=C(CC1=C(O)CC(CCc2ccc(OC(C)C)c(O)c2)(C2CCCC2)OC1=O)NC(C)C. The molecule has 3 N–H and O–H groups in total. The highest BCUT2D eigenvalue weighted by Crippen LogP contribution is 2.46. The maximum absolute atomic E-state index is 13.1. The number of carbonyl (C=O) groups is 1. The second kappa shape index (κ2) is 11.2. The van der Waals surface area contributed by atoms with Crippen LogP contribution in [0.15, 0.2) is 34.5 Å². The molecule has 1 atom stereocenters. The van der Waals surface area contributed by atoms with Gasteiger partial charge in [0.15, 0.2) is 11.5 Å². The van der Waals surface area contributed by atoms with Gasteiger partial charge in [-0.15, -0.1) is 0 Å². The molecule has 1 aliphatic carbocycles. The monoisotopic (exact) mass is 472 g/mol. The molecule has 2 aliphatic rings. The molecule has 0 spiro atoms. The molecule has 7 heteroatoms. The number of hydrogen-bond acceptors (Lipinski definition) is 6. The molecular weight excluding hydrogens is 432 g/mol. The molecule has 0 bridgehead atoms. The summed E-state index contributed by atoms with van der Waals surface area (Å²) in [4.78, 5) is 17.4. The molecule has 1 aromatic rings. The molecule has 1 aromatic carbocycles. The molecule has 1 saturated carbocycles. The number of rotatable bonds is 9. The molecule has 188 valence electrons. The lowest BCUT2D eigenvalue weighted by atomic mass is 9.76. The lowest BCUT2D eigenvalue weighted by Crippen LogP contribution is -2.46. The third kappa shape index (κ3) is 6.24. The minimum atomic E-state index is -0.737. The summed E-state index contributed by atoms with van der Waals surface area (Å²) in [6, 6.07) is 5.61. The number of aliphatic imine (C=N–C) groups is 1. The fraction of sp³-hybridized carbons (Fsp3) is 0.630. The van der Waals surface area contributed by atoms with Crippen LogP contribution in [-0.2, 0) is 16.0 Å². The van der Waals surface area contributed by atoms with Gasteiger partial charge in [0.05, 0.1) is 11.7 Å². The smallest absolute Gasteiger partial charge is 0.338 e. The van der Waals surface area contributed by atoms with E-state index in [2.05, 4.69) is 10.3 Å². The molecule has 1 fully saturated rings. The molecule has 0 amide bonds. The number of nitrogens with one attached hydrogen (secondary N) is 1. The first-order valence-electron chi connectivity index (χ1n) is 12.5.